The Bertz CT molecular complexity index is 1390. The highest BCUT2D eigenvalue weighted by Gasteiger charge is 2.48. The summed E-state index contributed by atoms with van der Waals surface area (Å²) in [6.07, 6.45) is 3.83. The lowest BCUT2D eigenvalue weighted by Gasteiger charge is -2.53. The smallest absolute Gasteiger partial charge is 0.328 e. The summed E-state index contributed by atoms with van der Waals surface area (Å²) in [6.45, 7) is 0. The fourth-order valence-electron chi connectivity index (χ4n) is 5.98. The van der Waals surface area contributed by atoms with Gasteiger partial charge < -0.3 is 19.7 Å². The van der Waals surface area contributed by atoms with Gasteiger partial charge in [0.15, 0.2) is 0 Å². The van der Waals surface area contributed by atoms with Gasteiger partial charge in [0.25, 0.3) is 0 Å². The maximum absolute atomic E-state index is 6.07. The van der Waals surface area contributed by atoms with Gasteiger partial charge in [-0.05, 0) is 75.2 Å². The lowest BCUT2D eigenvalue weighted by atomic mass is 9.66. The summed E-state index contributed by atoms with van der Waals surface area (Å²) in [7, 11) is 9.92. The Balaban J connectivity index is 1.51. The standard InChI is InChI=1S/C32H38N6O2/c1-33-28-34-29(36-30(35-28)40-27-18-16-26(39-5)17-19-27)38(4)32(25-14-10-7-11-15-25)22-20-31(21-23-32,37(2)3)24-12-8-6-9-13-24/h6-19H,20-23H2,1-5H3,(H,33,34,35,36). The molecule has 208 valence electrons. The van der Waals surface area contributed by atoms with Gasteiger partial charge in [0, 0.05) is 19.6 Å². The quantitative estimate of drug-likeness (QED) is 0.275. The van der Waals surface area contributed by atoms with E-state index < -0.39 is 0 Å². The lowest BCUT2D eigenvalue weighted by Crippen LogP contribution is -2.54. The third kappa shape index (κ3) is 5.19. The second-order valence-corrected chi connectivity index (χ2v) is 10.5. The van der Waals surface area contributed by atoms with E-state index in [1.807, 2.05) is 24.3 Å². The molecule has 40 heavy (non-hydrogen) atoms. The van der Waals surface area contributed by atoms with Gasteiger partial charge in [0.1, 0.15) is 11.5 Å². The molecule has 0 aliphatic heterocycles. The van der Waals surface area contributed by atoms with Crippen LogP contribution in [0.1, 0.15) is 36.8 Å². The summed E-state index contributed by atoms with van der Waals surface area (Å²) >= 11 is 0. The Hall–Kier alpha value is -4.17. The predicted octanol–water partition coefficient (Wildman–Crippen LogP) is 6.08. The number of hydrogen-bond donors (Lipinski definition) is 1. The highest BCUT2D eigenvalue weighted by Crippen LogP contribution is 2.51. The average Bonchev–Trinajstić information content (AvgIpc) is 3.01. The number of rotatable bonds is 9. The van der Waals surface area contributed by atoms with Crippen LogP contribution in [0.2, 0.25) is 0 Å². The monoisotopic (exact) mass is 538 g/mol. The number of methoxy groups -OCH3 is 1. The third-order valence-corrected chi connectivity index (χ3v) is 8.42. The van der Waals surface area contributed by atoms with Crippen molar-refractivity contribution in [2.75, 3.05) is 45.5 Å². The molecule has 1 aliphatic carbocycles. The van der Waals surface area contributed by atoms with Crippen molar-refractivity contribution in [1.29, 1.82) is 0 Å². The van der Waals surface area contributed by atoms with E-state index in [-0.39, 0.29) is 17.1 Å². The zero-order valence-corrected chi connectivity index (χ0v) is 24.0. The van der Waals surface area contributed by atoms with Crippen LogP contribution in [-0.4, -0.2) is 55.2 Å². The molecule has 1 aliphatic rings. The van der Waals surface area contributed by atoms with Crippen molar-refractivity contribution in [1.82, 2.24) is 19.9 Å². The van der Waals surface area contributed by atoms with Crippen LogP contribution in [0.3, 0.4) is 0 Å². The van der Waals surface area contributed by atoms with Crippen LogP contribution >= 0.6 is 0 Å². The number of aromatic nitrogens is 3. The molecule has 0 atom stereocenters. The zero-order chi connectivity index (χ0) is 28.2. The molecule has 3 aromatic carbocycles. The molecule has 1 fully saturated rings. The van der Waals surface area contributed by atoms with E-state index in [1.54, 1.807) is 14.2 Å². The Kier molecular flexibility index (Phi) is 7.89. The molecular formula is C32H38N6O2. The van der Waals surface area contributed by atoms with E-state index in [9.17, 15) is 0 Å². The summed E-state index contributed by atoms with van der Waals surface area (Å²) in [5.41, 5.74) is 2.26. The molecule has 0 spiro atoms. The first-order chi connectivity index (χ1) is 19.4. The number of ether oxygens (including phenoxy) is 2. The third-order valence-electron chi connectivity index (χ3n) is 8.42. The number of benzene rings is 3. The highest BCUT2D eigenvalue weighted by atomic mass is 16.5. The summed E-state index contributed by atoms with van der Waals surface area (Å²) in [6, 6.07) is 29.2. The number of anilines is 2. The number of hydrogen-bond acceptors (Lipinski definition) is 8. The predicted molar refractivity (Wildman–Crippen MR) is 159 cm³/mol. The summed E-state index contributed by atoms with van der Waals surface area (Å²) < 4.78 is 11.3. The molecule has 0 bridgehead atoms. The SMILES string of the molecule is CNc1nc(Oc2ccc(OC)cc2)nc(N(C)C2(c3ccccc3)CCC(c3ccccc3)(N(C)C)CC2)n1. The maximum atomic E-state index is 6.07. The van der Waals surface area contributed by atoms with E-state index >= 15 is 0 Å². The second-order valence-electron chi connectivity index (χ2n) is 10.5. The Morgan fingerprint density at radius 2 is 1.20 bits per heavy atom. The van der Waals surface area contributed by atoms with Crippen molar-refractivity contribution in [2.45, 2.75) is 36.8 Å². The molecule has 0 unspecified atom stereocenters. The molecule has 1 heterocycles. The van der Waals surface area contributed by atoms with Crippen molar-refractivity contribution in [3.05, 3.63) is 96.1 Å². The van der Waals surface area contributed by atoms with Crippen molar-refractivity contribution in [3.63, 3.8) is 0 Å². The summed E-state index contributed by atoms with van der Waals surface area (Å²) in [4.78, 5) is 18.7. The molecule has 0 amide bonds. The minimum atomic E-state index is -0.306. The average molecular weight is 539 g/mol. The molecular weight excluding hydrogens is 500 g/mol. The van der Waals surface area contributed by atoms with Crippen molar-refractivity contribution < 1.29 is 9.47 Å². The number of nitrogens with one attached hydrogen (secondary N) is 1. The Morgan fingerprint density at radius 3 is 1.73 bits per heavy atom. The molecule has 8 nitrogen and oxygen atoms in total. The lowest BCUT2D eigenvalue weighted by molar-refractivity contribution is 0.0641. The van der Waals surface area contributed by atoms with Gasteiger partial charge in [0.05, 0.1) is 12.6 Å². The van der Waals surface area contributed by atoms with Crippen LogP contribution in [0.4, 0.5) is 11.9 Å². The fourth-order valence-corrected chi connectivity index (χ4v) is 5.98. The van der Waals surface area contributed by atoms with Gasteiger partial charge in [-0.3, -0.25) is 4.90 Å². The molecule has 1 N–H and O–H groups in total. The Labute approximate surface area is 237 Å². The molecule has 8 heteroatoms. The topological polar surface area (TPSA) is 75.6 Å². The Morgan fingerprint density at radius 1 is 0.675 bits per heavy atom. The largest absolute Gasteiger partial charge is 0.497 e. The molecule has 1 saturated carbocycles. The minimum absolute atomic E-state index is 0.0434. The van der Waals surface area contributed by atoms with Crippen LogP contribution < -0.4 is 19.7 Å². The van der Waals surface area contributed by atoms with Crippen molar-refractivity contribution in [2.24, 2.45) is 0 Å². The van der Waals surface area contributed by atoms with Gasteiger partial charge in [-0.2, -0.15) is 15.0 Å². The number of nitrogens with zero attached hydrogens (tertiary/aromatic N) is 5. The van der Waals surface area contributed by atoms with E-state index in [0.29, 0.717) is 17.6 Å². The van der Waals surface area contributed by atoms with Crippen LogP contribution in [0.25, 0.3) is 0 Å². The summed E-state index contributed by atoms with van der Waals surface area (Å²) in [5.74, 6) is 2.39. The molecule has 1 aromatic heterocycles. The van der Waals surface area contributed by atoms with Crippen LogP contribution in [0, 0.1) is 0 Å². The van der Waals surface area contributed by atoms with Gasteiger partial charge >= 0.3 is 6.01 Å². The first-order valence-electron chi connectivity index (χ1n) is 13.7. The normalized spacial score (nSPS) is 20.6. The fraction of sp³-hybridized carbons (Fsp3) is 0.344. The molecule has 0 saturated heterocycles. The first-order valence-corrected chi connectivity index (χ1v) is 13.7. The van der Waals surface area contributed by atoms with Crippen LogP contribution in [-0.2, 0) is 11.1 Å². The van der Waals surface area contributed by atoms with E-state index in [0.717, 1.165) is 31.4 Å². The molecule has 4 aromatic rings. The van der Waals surface area contributed by atoms with Gasteiger partial charge in [-0.1, -0.05) is 60.7 Å². The highest BCUT2D eigenvalue weighted by molar-refractivity contribution is 5.46. The molecule has 5 rings (SSSR count). The molecule has 0 radical (unpaired) electrons. The van der Waals surface area contributed by atoms with E-state index in [4.69, 9.17) is 19.4 Å². The zero-order valence-electron chi connectivity index (χ0n) is 24.0. The van der Waals surface area contributed by atoms with Gasteiger partial charge in [-0.25, -0.2) is 0 Å². The van der Waals surface area contributed by atoms with E-state index in [2.05, 4.69) is 102 Å². The van der Waals surface area contributed by atoms with Crippen molar-refractivity contribution >= 4 is 11.9 Å². The summed E-state index contributed by atoms with van der Waals surface area (Å²) in [5, 5.41) is 3.08. The van der Waals surface area contributed by atoms with Gasteiger partial charge in [0.2, 0.25) is 11.9 Å². The second kappa shape index (κ2) is 11.5. The van der Waals surface area contributed by atoms with Crippen LogP contribution in [0.15, 0.2) is 84.9 Å². The first kappa shape index (κ1) is 27.4. The minimum Gasteiger partial charge on any atom is -0.497 e. The van der Waals surface area contributed by atoms with E-state index in [1.165, 1.54) is 11.1 Å². The maximum Gasteiger partial charge on any atom is 0.328 e. The van der Waals surface area contributed by atoms with Crippen LogP contribution in [0.5, 0.6) is 17.5 Å². The van der Waals surface area contributed by atoms with Gasteiger partial charge in [-0.15, -0.1) is 0 Å². The van der Waals surface area contributed by atoms with Crippen molar-refractivity contribution in [3.8, 4) is 17.5 Å².